The summed E-state index contributed by atoms with van der Waals surface area (Å²) in [4.78, 5) is 45.5. The van der Waals surface area contributed by atoms with Crippen molar-refractivity contribution in [3.8, 4) is 0 Å². The van der Waals surface area contributed by atoms with Gasteiger partial charge in [0.05, 0.1) is 24.2 Å². The van der Waals surface area contributed by atoms with E-state index < -0.39 is 41.1 Å². The lowest BCUT2D eigenvalue weighted by molar-refractivity contribution is -0.161. The summed E-state index contributed by atoms with van der Waals surface area (Å²) < 4.78 is 12.3. The summed E-state index contributed by atoms with van der Waals surface area (Å²) in [5, 5.41) is 11.0. The van der Waals surface area contributed by atoms with E-state index in [0.29, 0.717) is 36.4 Å². The van der Waals surface area contributed by atoms with Crippen LogP contribution in [0.15, 0.2) is 49.6 Å². The van der Waals surface area contributed by atoms with E-state index in [1.165, 1.54) is 11.0 Å². The van der Waals surface area contributed by atoms with Gasteiger partial charge in [0.25, 0.3) is 5.91 Å². The third-order valence-electron chi connectivity index (χ3n) is 8.51. The van der Waals surface area contributed by atoms with E-state index in [1.807, 2.05) is 20.8 Å². The predicted octanol–water partition coefficient (Wildman–Crippen LogP) is 4.15. The van der Waals surface area contributed by atoms with E-state index in [2.05, 4.69) is 13.2 Å². The highest BCUT2D eigenvalue weighted by molar-refractivity contribution is 6.30. The number of anilines is 1. The van der Waals surface area contributed by atoms with E-state index in [1.54, 1.807) is 35.2 Å². The van der Waals surface area contributed by atoms with Gasteiger partial charge in [-0.15, -0.1) is 6.58 Å². The molecule has 2 unspecified atom stereocenters. The van der Waals surface area contributed by atoms with Crippen LogP contribution in [0.2, 0.25) is 5.02 Å². The van der Waals surface area contributed by atoms with Crippen LogP contribution in [0, 0.1) is 17.8 Å². The molecule has 0 aliphatic carbocycles. The second kappa shape index (κ2) is 11.4. The van der Waals surface area contributed by atoms with Gasteiger partial charge >= 0.3 is 5.97 Å². The fourth-order valence-corrected chi connectivity index (χ4v) is 7.08. The number of esters is 1. The van der Waals surface area contributed by atoms with Gasteiger partial charge in [-0.2, -0.15) is 0 Å². The minimum Gasteiger partial charge on any atom is -0.461 e. The maximum atomic E-state index is 14.6. The van der Waals surface area contributed by atoms with Gasteiger partial charge in [-0.3, -0.25) is 14.4 Å². The highest BCUT2D eigenvalue weighted by Gasteiger charge is 2.79. The minimum atomic E-state index is -1.22. The van der Waals surface area contributed by atoms with E-state index in [4.69, 9.17) is 21.1 Å². The Kier molecular flexibility index (Phi) is 8.59. The van der Waals surface area contributed by atoms with Gasteiger partial charge in [0.15, 0.2) is 0 Å². The number of aliphatic hydroxyl groups excluding tert-OH is 1. The Morgan fingerprint density at radius 1 is 1.26 bits per heavy atom. The maximum absolute atomic E-state index is 14.6. The first-order valence-corrected chi connectivity index (χ1v) is 14.1. The van der Waals surface area contributed by atoms with Crippen LogP contribution in [0.3, 0.4) is 0 Å². The molecule has 8 nitrogen and oxygen atoms in total. The number of halogens is 1. The molecule has 212 valence electrons. The zero-order valence-corrected chi connectivity index (χ0v) is 23.7. The Hall–Kier alpha value is -2.68. The lowest BCUT2D eigenvalue weighted by atomic mass is 9.65. The number of hydrogen-bond donors (Lipinski definition) is 1. The molecule has 0 radical (unpaired) electrons. The zero-order chi connectivity index (χ0) is 28.5. The van der Waals surface area contributed by atoms with Crippen molar-refractivity contribution in [3.05, 3.63) is 54.6 Å². The van der Waals surface area contributed by atoms with Crippen LogP contribution < -0.4 is 4.90 Å². The summed E-state index contributed by atoms with van der Waals surface area (Å²) in [6.07, 6.45) is 5.06. The number of rotatable bonds is 12. The van der Waals surface area contributed by atoms with Gasteiger partial charge in [0, 0.05) is 17.3 Å². The van der Waals surface area contributed by atoms with Gasteiger partial charge in [0.2, 0.25) is 5.91 Å². The highest BCUT2D eigenvalue weighted by atomic mass is 35.5. The predicted molar refractivity (Wildman–Crippen MR) is 149 cm³/mol. The number of carbonyl (C=O) groups is 3. The summed E-state index contributed by atoms with van der Waals surface area (Å²) >= 11 is 6.11. The number of aliphatic hydroxyl groups is 1. The molecule has 1 N–H and O–H groups in total. The normalized spacial score (nSPS) is 29.8. The molecule has 3 aliphatic heterocycles. The monoisotopic (exact) mass is 558 g/mol. The topological polar surface area (TPSA) is 96.4 Å². The number of benzene rings is 1. The first kappa shape index (κ1) is 29.3. The van der Waals surface area contributed by atoms with Gasteiger partial charge in [0.1, 0.15) is 24.2 Å². The molecule has 3 aliphatic rings. The number of nitrogens with zero attached hydrogens (tertiary/aromatic N) is 2. The molecule has 3 fully saturated rings. The first-order chi connectivity index (χ1) is 18.6. The Morgan fingerprint density at radius 2 is 1.95 bits per heavy atom. The Bertz CT molecular complexity index is 1120. The maximum Gasteiger partial charge on any atom is 0.313 e. The number of fused-ring (bicyclic) bond motifs is 1. The largest absolute Gasteiger partial charge is 0.461 e. The van der Waals surface area contributed by atoms with Crippen molar-refractivity contribution in [2.24, 2.45) is 17.8 Å². The molecule has 1 aromatic rings. The Morgan fingerprint density at radius 3 is 2.51 bits per heavy atom. The molecular formula is C30H39ClN2O6. The second-order valence-corrected chi connectivity index (χ2v) is 11.6. The molecular weight excluding hydrogens is 520 g/mol. The third kappa shape index (κ3) is 4.81. The first-order valence-electron chi connectivity index (χ1n) is 13.7. The van der Waals surface area contributed by atoms with Crippen molar-refractivity contribution in [2.45, 2.75) is 69.7 Å². The molecule has 1 spiro atoms. The second-order valence-electron chi connectivity index (χ2n) is 11.2. The number of hydrogen-bond acceptors (Lipinski definition) is 6. The summed E-state index contributed by atoms with van der Waals surface area (Å²) in [6.45, 7) is 13.3. The summed E-state index contributed by atoms with van der Waals surface area (Å²) in [5.74, 6) is -2.81. The average Bonchev–Trinajstić information content (AvgIpc) is 3.52. The molecule has 2 bridgehead atoms. The van der Waals surface area contributed by atoms with Crippen molar-refractivity contribution in [1.29, 1.82) is 0 Å². The van der Waals surface area contributed by atoms with Crippen LogP contribution in [-0.2, 0) is 23.9 Å². The van der Waals surface area contributed by atoms with E-state index in [0.717, 1.165) is 0 Å². The number of likely N-dealkylation sites (tertiary alicyclic amines) is 1. The van der Waals surface area contributed by atoms with Crippen LogP contribution in [0.25, 0.3) is 0 Å². The summed E-state index contributed by atoms with van der Waals surface area (Å²) in [7, 11) is 0. The van der Waals surface area contributed by atoms with Gasteiger partial charge in [-0.25, -0.2) is 0 Å². The molecule has 1 aromatic carbocycles. The standard InChI is InChI=1S/C30H39ClN2O6/c1-6-15-32(21-11-9-20(31)10-12-21)27(36)25-30-14-13-29(8-3,39-30)24(28(37)38-16-7-2)23(30)26(35)33(25)22(18-34)17-19(4)5/h6-7,9-12,19,22-25,34H,1-2,8,13-18H2,3-5H3/t22-,23+,24-,25?,29+,30?/m1/s1. The number of amides is 2. The Balaban J connectivity index is 1.86. The Labute approximate surface area is 235 Å². The summed E-state index contributed by atoms with van der Waals surface area (Å²) in [5.41, 5.74) is -1.53. The molecule has 39 heavy (non-hydrogen) atoms. The van der Waals surface area contributed by atoms with Crippen molar-refractivity contribution in [3.63, 3.8) is 0 Å². The lowest BCUT2D eigenvalue weighted by Crippen LogP contribution is -2.59. The van der Waals surface area contributed by atoms with E-state index in [9.17, 15) is 19.5 Å². The van der Waals surface area contributed by atoms with Crippen molar-refractivity contribution in [2.75, 3.05) is 24.7 Å². The minimum absolute atomic E-state index is 0.0193. The molecule has 2 amide bonds. The van der Waals surface area contributed by atoms with Gasteiger partial charge in [-0.05, 0) is 55.9 Å². The van der Waals surface area contributed by atoms with Crippen molar-refractivity contribution in [1.82, 2.24) is 4.90 Å². The van der Waals surface area contributed by atoms with Crippen LogP contribution in [-0.4, -0.2) is 70.8 Å². The third-order valence-corrected chi connectivity index (χ3v) is 8.77. The zero-order valence-electron chi connectivity index (χ0n) is 23.0. The smallest absolute Gasteiger partial charge is 0.313 e. The molecule has 3 heterocycles. The molecule has 6 atom stereocenters. The van der Waals surface area contributed by atoms with E-state index in [-0.39, 0.29) is 37.5 Å². The average molecular weight is 559 g/mol. The van der Waals surface area contributed by atoms with Crippen LogP contribution in [0.4, 0.5) is 5.69 Å². The number of carbonyl (C=O) groups excluding carboxylic acids is 3. The SMILES string of the molecule is C=CCOC(=O)[C@H]1[C@H]2C(=O)N([C@@H](CO)CC(C)C)C(C(=O)N(CC=C)c3ccc(Cl)cc3)C23CC[C@]1(CC)O3. The summed E-state index contributed by atoms with van der Waals surface area (Å²) in [6, 6.07) is 5.23. The van der Waals surface area contributed by atoms with Crippen molar-refractivity contribution < 1.29 is 29.0 Å². The molecule has 4 rings (SSSR count). The molecule has 0 saturated carbocycles. The van der Waals surface area contributed by atoms with Crippen LogP contribution in [0.1, 0.15) is 46.5 Å². The molecule has 9 heteroatoms. The number of ether oxygens (including phenoxy) is 2. The fraction of sp³-hybridized carbons (Fsp3) is 0.567. The van der Waals surface area contributed by atoms with Crippen molar-refractivity contribution >= 4 is 35.1 Å². The molecule has 0 aromatic heterocycles. The fourth-order valence-electron chi connectivity index (χ4n) is 6.96. The van der Waals surface area contributed by atoms with Gasteiger partial charge in [-0.1, -0.05) is 51.1 Å². The van der Waals surface area contributed by atoms with E-state index >= 15 is 0 Å². The molecule has 3 saturated heterocycles. The van der Waals surface area contributed by atoms with Gasteiger partial charge < -0.3 is 24.4 Å². The van der Waals surface area contributed by atoms with Crippen LogP contribution in [0.5, 0.6) is 0 Å². The lowest BCUT2D eigenvalue weighted by Gasteiger charge is -2.40. The quantitative estimate of drug-likeness (QED) is 0.306. The highest BCUT2D eigenvalue weighted by Crippen LogP contribution is 2.65. The van der Waals surface area contributed by atoms with Crippen LogP contribution >= 0.6 is 11.6 Å².